The first-order valence-electron chi connectivity index (χ1n) is 7.47. The summed E-state index contributed by atoms with van der Waals surface area (Å²) in [5.74, 6) is -0.718. The second kappa shape index (κ2) is 11.8. The van der Waals surface area contributed by atoms with E-state index < -0.39 is 16.6 Å². The molecule has 1 aromatic rings. The number of ether oxygens (including phenoxy) is 1. The number of carbonyl (C=O) groups is 2. The first-order chi connectivity index (χ1) is 11.5. The Balaban J connectivity index is 2.07. The Morgan fingerprint density at radius 3 is 2.50 bits per heavy atom. The molecule has 8 heteroatoms. The predicted molar refractivity (Wildman–Crippen MR) is 95.0 cm³/mol. The molecule has 6 nitrogen and oxygen atoms in total. The van der Waals surface area contributed by atoms with E-state index >= 15 is 0 Å². The molecule has 0 bridgehead atoms. The van der Waals surface area contributed by atoms with E-state index in [9.17, 15) is 18.0 Å². The van der Waals surface area contributed by atoms with E-state index in [0.29, 0.717) is 25.8 Å². The van der Waals surface area contributed by atoms with Crippen LogP contribution in [0.3, 0.4) is 0 Å². The number of hydrogen-bond donors (Lipinski definition) is 2. The second-order valence-corrected chi connectivity index (χ2v) is 6.66. The van der Waals surface area contributed by atoms with Gasteiger partial charge in [0.05, 0.1) is 4.48 Å². The van der Waals surface area contributed by atoms with E-state index in [1.54, 1.807) is 0 Å². The fourth-order valence-corrected chi connectivity index (χ4v) is 2.76. The Morgan fingerprint density at radius 2 is 1.83 bits per heavy atom. The van der Waals surface area contributed by atoms with Gasteiger partial charge in [0.15, 0.2) is 10.7 Å². The Hall–Kier alpha value is -1.67. The van der Waals surface area contributed by atoms with Gasteiger partial charge < -0.3 is 10.1 Å². The minimum Gasteiger partial charge on any atom is -0.461 e. The zero-order valence-corrected chi connectivity index (χ0v) is 15.6. The lowest BCUT2D eigenvalue weighted by molar-refractivity contribution is -0.145. The van der Waals surface area contributed by atoms with Gasteiger partial charge in [0, 0.05) is 18.4 Å². The quantitative estimate of drug-likeness (QED) is 0.263. The third kappa shape index (κ3) is 9.46. The summed E-state index contributed by atoms with van der Waals surface area (Å²) in [4.78, 5) is 23.1. The predicted octanol–water partition coefficient (Wildman–Crippen LogP) is 2.25. The maximum absolute atomic E-state index is 11.6. The first-order valence-corrected chi connectivity index (χ1v) is 9.51. The molecule has 0 heterocycles. The fourth-order valence-electron chi connectivity index (χ4n) is 1.82. The van der Waals surface area contributed by atoms with Crippen LogP contribution in [0.25, 0.3) is 0 Å². The van der Waals surface area contributed by atoms with Crippen molar-refractivity contribution in [1.29, 1.82) is 0 Å². The van der Waals surface area contributed by atoms with Gasteiger partial charge in [-0.1, -0.05) is 36.8 Å². The summed E-state index contributed by atoms with van der Waals surface area (Å²) in [6.45, 7) is 0.689. The van der Waals surface area contributed by atoms with E-state index in [1.165, 1.54) is 0 Å². The van der Waals surface area contributed by atoms with Gasteiger partial charge in [-0.05, 0) is 34.3 Å². The standard InChI is InChI=1S/C16H20BrNO5S/c17-14(12-24(21)22)16(20)18-10-6-2-5-9-15(19)23-11-13-7-3-1-4-8-13/h1,3-4,7-8,12,24H,2,5-6,9-11H2,(H,18,20)/b14-12+. The third-order valence-electron chi connectivity index (χ3n) is 3.02. The Morgan fingerprint density at radius 1 is 1.12 bits per heavy atom. The molecule has 0 saturated carbocycles. The third-order valence-corrected chi connectivity index (χ3v) is 4.43. The van der Waals surface area contributed by atoms with Crippen molar-refractivity contribution in [2.75, 3.05) is 6.54 Å². The summed E-state index contributed by atoms with van der Waals surface area (Å²) in [5, 5.41) is 3.41. The van der Waals surface area contributed by atoms with Gasteiger partial charge in [-0.3, -0.25) is 9.59 Å². The Labute approximate surface area is 151 Å². The molecule has 0 aliphatic heterocycles. The number of rotatable bonds is 10. The van der Waals surface area contributed by atoms with Crippen molar-refractivity contribution in [1.82, 2.24) is 5.32 Å². The molecule has 0 radical (unpaired) electrons. The molecule has 1 amide bonds. The molecule has 24 heavy (non-hydrogen) atoms. The number of carbonyl (C=O) groups excluding carboxylic acids is 2. The maximum Gasteiger partial charge on any atom is 0.306 e. The van der Waals surface area contributed by atoms with E-state index in [2.05, 4.69) is 21.2 Å². The van der Waals surface area contributed by atoms with Crippen molar-refractivity contribution in [3.05, 3.63) is 45.8 Å². The van der Waals surface area contributed by atoms with Crippen LogP contribution in [0.1, 0.15) is 31.2 Å². The van der Waals surface area contributed by atoms with Gasteiger partial charge >= 0.3 is 5.97 Å². The number of esters is 1. The minimum atomic E-state index is -2.75. The average molecular weight is 418 g/mol. The lowest BCUT2D eigenvalue weighted by atomic mass is 10.2. The van der Waals surface area contributed by atoms with Crippen LogP contribution >= 0.6 is 15.9 Å². The van der Waals surface area contributed by atoms with Crippen molar-refractivity contribution < 1.29 is 22.7 Å². The van der Waals surface area contributed by atoms with Crippen molar-refractivity contribution in [2.45, 2.75) is 32.3 Å². The van der Waals surface area contributed by atoms with E-state index in [1.807, 2.05) is 30.3 Å². The molecule has 1 N–H and O–H groups in total. The molecule has 0 unspecified atom stereocenters. The smallest absolute Gasteiger partial charge is 0.306 e. The number of nitrogens with one attached hydrogen (secondary N) is 1. The van der Waals surface area contributed by atoms with Crippen molar-refractivity contribution >= 4 is 38.5 Å². The number of hydrogen-bond acceptors (Lipinski definition) is 5. The summed E-state index contributed by atoms with van der Waals surface area (Å²) in [6.07, 6.45) is 2.47. The van der Waals surface area contributed by atoms with Crippen LogP contribution < -0.4 is 5.32 Å². The number of thiol groups is 1. The zero-order chi connectivity index (χ0) is 17.8. The molecule has 0 aromatic heterocycles. The molecule has 0 fully saturated rings. The van der Waals surface area contributed by atoms with Gasteiger partial charge in [0.25, 0.3) is 5.91 Å². The number of benzene rings is 1. The van der Waals surface area contributed by atoms with Crippen molar-refractivity contribution in [3.8, 4) is 0 Å². The molecule has 0 saturated heterocycles. The molecule has 0 atom stereocenters. The molecular weight excluding hydrogens is 398 g/mol. The number of amides is 1. The largest absolute Gasteiger partial charge is 0.461 e. The molecule has 1 aromatic carbocycles. The summed E-state index contributed by atoms with van der Waals surface area (Å²) < 4.78 is 26.0. The van der Waals surface area contributed by atoms with Gasteiger partial charge in [0.1, 0.15) is 6.61 Å². The van der Waals surface area contributed by atoms with Crippen LogP contribution in [-0.4, -0.2) is 26.8 Å². The van der Waals surface area contributed by atoms with E-state index in [-0.39, 0.29) is 17.1 Å². The highest BCUT2D eigenvalue weighted by Gasteiger charge is 2.06. The molecular formula is C16H20BrNO5S. The lowest BCUT2D eigenvalue weighted by Crippen LogP contribution is -2.24. The van der Waals surface area contributed by atoms with Gasteiger partial charge in [-0.15, -0.1) is 0 Å². The Bertz CT molecular complexity index is 635. The van der Waals surface area contributed by atoms with E-state index in [0.717, 1.165) is 17.4 Å². The summed E-state index contributed by atoms with van der Waals surface area (Å²) in [7, 11) is -2.75. The van der Waals surface area contributed by atoms with Crippen LogP contribution in [0, 0.1) is 0 Å². The molecule has 1 rings (SSSR count). The zero-order valence-electron chi connectivity index (χ0n) is 13.1. The summed E-state index contributed by atoms with van der Waals surface area (Å²) in [6, 6.07) is 9.47. The number of halogens is 1. The van der Waals surface area contributed by atoms with E-state index in [4.69, 9.17) is 4.74 Å². The van der Waals surface area contributed by atoms with Crippen LogP contribution in [0.5, 0.6) is 0 Å². The molecule has 0 aliphatic carbocycles. The highest BCUT2D eigenvalue weighted by atomic mass is 79.9. The average Bonchev–Trinajstić information content (AvgIpc) is 2.56. The normalized spacial score (nSPS) is 11.3. The van der Waals surface area contributed by atoms with Gasteiger partial charge in [-0.2, -0.15) is 0 Å². The van der Waals surface area contributed by atoms with Crippen molar-refractivity contribution in [3.63, 3.8) is 0 Å². The van der Waals surface area contributed by atoms with Crippen molar-refractivity contribution in [2.24, 2.45) is 0 Å². The highest BCUT2D eigenvalue weighted by Crippen LogP contribution is 2.06. The second-order valence-electron chi connectivity index (χ2n) is 4.98. The molecule has 132 valence electrons. The molecule has 0 aliphatic rings. The first kappa shape index (κ1) is 20.4. The van der Waals surface area contributed by atoms with Crippen LogP contribution in [-0.2, 0) is 31.6 Å². The topological polar surface area (TPSA) is 89.5 Å². The minimum absolute atomic E-state index is 0.0249. The van der Waals surface area contributed by atoms with Gasteiger partial charge in [-0.25, -0.2) is 8.42 Å². The Kier molecular flexibility index (Phi) is 10.0. The van der Waals surface area contributed by atoms with Crippen LogP contribution in [0.15, 0.2) is 40.2 Å². The monoisotopic (exact) mass is 417 g/mol. The maximum atomic E-state index is 11.6. The SMILES string of the molecule is O=C(CCCCCNC(=O)/C(Br)=C\[SH](=O)=O)OCc1ccccc1. The van der Waals surface area contributed by atoms with Crippen LogP contribution in [0.2, 0.25) is 0 Å². The molecule has 0 spiro atoms. The summed E-state index contributed by atoms with van der Waals surface area (Å²) >= 11 is 2.89. The number of unbranched alkanes of at least 4 members (excludes halogenated alkanes) is 2. The summed E-state index contributed by atoms with van der Waals surface area (Å²) in [5.41, 5.74) is 0.951. The fraction of sp³-hybridized carbons (Fsp3) is 0.375. The van der Waals surface area contributed by atoms with Gasteiger partial charge in [0.2, 0.25) is 0 Å². The highest BCUT2D eigenvalue weighted by molar-refractivity contribution is 9.12. The van der Waals surface area contributed by atoms with Crippen LogP contribution in [0.4, 0.5) is 0 Å². The lowest BCUT2D eigenvalue weighted by Gasteiger charge is -2.06.